The van der Waals surface area contributed by atoms with Gasteiger partial charge < -0.3 is 0 Å². The lowest BCUT2D eigenvalue weighted by molar-refractivity contribution is 0.437. The molecule has 0 heterocycles. The maximum absolute atomic E-state index is 4.09. The summed E-state index contributed by atoms with van der Waals surface area (Å²) in [7, 11) is 0. The van der Waals surface area contributed by atoms with Gasteiger partial charge in [-0.2, -0.15) is 0 Å². The van der Waals surface area contributed by atoms with Gasteiger partial charge in [0.2, 0.25) is 0 Å². The second-order valence-corrected chi connectivity index (χ2v) is 3.72. The van der Waals surface area contributed by atoms with Crippen LogP contribution in [0.4, 0.5) is 0 Å². The zero-order valence-corrected chi connectivity index (χ0v) is 8.84. The van der Waals surface area contributed by atoms with Gasteiger partial charge >= 0.3 is 0 Å². The molecule has 1 heteroatoms. The van der Waals surface area contributed by atoms with E-state index in [1.807, 2.05) is 0 Å². The van der Waals surface area contributed by atoms with Crippen molar-refractivity contribution in [2.75, 3.05) is 0 Å². The average molecular weight is 169 g/mol. The molecule has 0 N–H and O–H groups in total. The van der Waals surface area contributed by atoms with E-state index in [2.05, 4.69) is 32.5 Å². The first-order chi connectivity index (χ1) is 5.74. The van der Waals surface area contributed by atoms with E-state index in [0.29, 0.717) is 6.04 Å². The molecule has 0 rings (SSSR count). The predicted molar refractivity (Wildman–Crippen MR) is 56.9 cm³/mol. The van der Waals surface area contributed by atoms with E-state index in [1.54, 1.807) is 0 Å². The van der Waals surface area contributed by atoms with Crippen LogP contribution in [0.25, 0.3) is 0 Å². The van der Waals surface area contributed by atoms with Gasteiger partial charge in [0.05, 0.1) is 0 Å². The molecule has 0 bridgehead atoms. The number of aliphatic imine (C=N–C) groups is 1. The number of nitrogens with zero attached hydrogens (tertiary/aromatic N) is 1. The van der Waals surface area contributed by atoms with Crippen LogP contribution in [0.3, 0.4) is 0 Å². The van der Waals surface area contributed by atoms with Crippen LogP contribution in [0.15, 0.2) is 4.99 Å². The van der Waals surface area contributed by atoms with E-state index in [4.69, 9.17) is 0 Å². The molecule has 2 unspecified atom stereocenters. The zero-order chi connectivity index (χ0) is 9.40. The molecule has 0 aromatic heterocycles. The Labute approximate surface area is 77.3 Å². The summed E-state index contributed by atoms with van der Waals surface area (Å²) in [5, 5.41) is 0. The van der Waals surface area contributed by atoms with Gasteiger partial charge in [0.25, 0.3) is 0 Å². The third kappa shape index (κ3) is 5.34. The molecule has 1 nitrogen and oxygen atoms in total. The Balaban J connectivity index is 3.44. The Hall–Kier alpha value is -0.330. The summed E-state index contributed by atoms with van der Waals surface area (Å²) in [6, 6.07) is 0.504. The lowest BCUT2D eigenvalue weighted by Gasteiger charge is -2.13. The molecule has 12 heavy (non-hydrogen) atoms. The van der Waals surface area contributed by atoms with E-state index < -0.39 is 0 Å². The van der Waals surface area contributed by atoms with Crippen molar-refractivity contribution in [1.29, 1.82) is 0 Å². The molecule has 72 valence electrons. The molecule has 0 aliphatic carbocycles. The van der Waals surface area contributed by atoms with E-state index in [1.165, 1.54) is 25.7 Å². The number of rotatable bonds is 7. The van der Waals surface area contributed by atoms with Gasteiger partial charge in [0, 0.05) is 6.04 Å². The molecule has 2 atom stereocenters. The molecule has 0 spiro atoms. The topological polar surface area (TPSA) is 12.4 Å². The molecule has 0 aliphatic heterocycles. The molecular formula is C11H23N. The maximum Gasteiger partial charge on any atom is 0.0489 e. The first-order valence-electron chi connectivity index (χ1n) is 5.20. The normalized spacial score (nSPS) is 15.6. The molecule has 0 fully saturated rings. The van der Waals surface area contributed by atoms with E-state index in [-0.39, 0.29) is 0 Å². The average Bonchev–Trinajstić information content (AvgIpc) is 2.07. The highest BCUT2D eigenvalue weighted by Crippen LogP contribution is 2.16. The van der Waals surface area contributed by atoms with Gasteiger partial charge in [-0.05, 0) is 31.9 Å². The highest BCUT2D eigenvalue weighted by Gasteiger charge is 2.05. The maximum atomic E-state index is 4.09. The van der Waals surface area contributed by atoms with E-state index in [0.717, 1.165) is 12.3 Å². The van der Waals surface area contributed by atoms with Gasteiger partial charge in [-0.1, -0.05) is 33.6 Å². The fraction of sp³-hybridized carbons (Fsp3) is 0.909. The number of hydrogen-bond donors (Lipinski definition) is 0. The van der Waals surface area contributed by atoms with Gasteiger partial charge in [0.1, 0.15) is 0 Å². The first-order valence-corrected chi connectivity index (χ1v) is 5.20. The van der Waals surface area contributed by atoms with Crippen molar-refractivity contribution in [2.45, 2.75) is 58.9 Å². The van der Waals surface area contributed by atoms with E-state index in [9.17, 15) is 0 Å². The van der Waals surface area contributed by atoms with Crippen LogP contribution in [0, 0.1) is 5.92 Å². The summed E-state index contributed by atoms with van der Waals surface area (Å²) in [6.07, 6.45) is 6.34. The Kier molecular flexibility index (Phi) is 7.12. The van der Waals surface area contributed by atoms with Gasteiger partial charge in [-0.25, -0.2) is 0 Å². The van der Waals surface area contributed by atoms with Crippen LogP contribution in [-0.2, 0) is 0 Å². The Morgan fingerprint density at radius 3 is 2.25 bits per heavy atom. The Bertz CT molecular complexity index is 110. The van der Waals surface area contributed by atoms with Crippen LogP contribution in [0.2, 0.25) is 0 Å². The lowest BCUT2D eigenvalue weighted by Crippen LogP contribution is -2.05. The van der Waals surface area contributed by atoms with Crippen LogP contribution in [0.5, 0.6) is 0 Å². The van der Waals surface area contributed by atoms with Crippen molar-refractivity contribution in [2.24, 2.45) is 10.9 Å². The van der Waals surface area contributed by atoms with Gasteiger partial charge in [-0.15, -0.1) is 0 Å². The second-order valence-electron chi connectivity index (χ2n) is 3.72. The minimum Gasteiger partial charge on any atom is -0.298 e. The van der Waals surface area contributed by atoms with Crippen molar-refractivity contribution in [1.82, 2.24) is 0 Å². The fourth-order valence-corrected chi connectivity index (χ4v) is 1.54. The van der Waals surface area contributed by atoms with Crippen LogP contribution in [-0.4, -0.2) is 12.8 Å². The predicted octanol–water partition coefficient (Wildman–Crippen LogP) is 3.68. The summed E-state index contributed by atoms with van der Waals surface area (Å²) >= 11 is 0. The summed E-state index contributed by atoms with van der Waals surface area (Å²) in [5.41, 5.74) is 0. The minimum absolute atomic E-state index is 0.504. The number of hydrogen-bond acceptors (Lipinski definition) is 1. The molecule has 0 amide bonds. The highest BCUT2D eigenvalue weighted by molar-refractivity contribution is 5.24. The lowest BCUT2D eigenvalue weighted by atomic mass is 9.97. The zero-order valence-electron chi connectivity index (χ0n) is 8.84. The summed E-state index contributed by atoms with van der Waals surface area (Å²) in [6.45, 7) is 10.4. The second kappa shape index (κ2) is 7.33. The largest absolute Gasteiger partial charge is 0.298 e. The third-order valence-electron chi connectivity index (χ3n) is 2.50. The molecule has 0 aromatic carbocycles. The highest BCUT2D eigenvalue weighted by atomic mass is 14.7. The van der Waals surface area contributed by atoms with Crippen molar-refractivity contribution < 1.29 is 0 Å². The third-order valence-corrected chi connectivity index (χ3v) is 2.50. The van der Waals surface area contributed by atoms with E-state index >= 15 is 0 Å². The van der Waals surface area contributed by atoms with Gasteiger partial charge in [-0.3, -0.25) is 4.99 Å². The molecular weight excluding hydrogens is 146 g/mol. The summed E-state index contributed by atoms with van der Waals surface area (Å²) in [5.74, 6) is 0.866. The van der Waals surface area contributed by atoms with Crippen LogP contribution in [0.1, 0.15) is 52.9 Å². The first kappa shape index (κ1) is 11.7. The van der Waals surface area contributed by atoms with Crippen molar-refractivity contribution in [3.8, 4) is 0 Å². The molecule has 0 aliphatic rings. The van der Waals surface area contributed by atoms with Crippen LogP contribution >= 0.6 is 0 Å². The summed E-state index contributed by atoms with van der Waals surface area (Å²) in [4.78, 5) is 4.09. The van der Waals surface area contributed by atoms with Crippen LogP contribution < -0.4 is 0 Å². The SMILES string of the molecule is C=NC(CC)CCC(C)CCC. The monoisotopic (exact) mass is 169 g/mol. The standard InChI is InChI=1S/C11H23N/c1-5-7-10(3)8-9-11(6-2)12-4/h10-11H,4-9H2,1-3H3. The van der Waals surface area contributed by atoms with Crippen molar-refractivity contribution in [3.63, 3.8) is 0 Å². The molecule has 0 saturated carbocycles. The minimum atomic E-state index is 0.504. The molecule has 0 radical (unpaired) electrons. The quantitative estimate of drug-likeness (QED) is 0.515. The fourth-order valence-electron chi connectivity index (χ4n) is 1.54. The molecule has 0 aromatic rings. The Morgan fingerprint density at radius 1 is 1.17 bits per heavy atom. The Morgan fingerprint density at radius 2 is 1.83 bits per heavy atom. The van der Waals surface area contributed by atoms with Gasteiger partial charge in [0.15, 0.2) is 0 Å². The summed E-state index contributed by atoms with van der Waals surface area (Å²) < 4.78 is 0. The van der Waals surface area contributed by atoms with Crippen molar-refractivity contribution in [3.05, 3.63) is 0 Å². The van der Waals surface area contributed by atoms with Crippen molar-refractivity contribution >= 4 is 6.72 Å². The molecule has 0 saturated heterocycles. The smallest absolute Gasteiger partial charge is 0.0489 e.